The molecule has 16 aliphatic carbocycles. The molecule has 4 aromatic heterocycles. The lowest BCUT2D eigenvalue weighted by atomic mass is 9.44. The summed E-state index contributed by atoms with van der Waals surface area (Å²) in [5, 5.41) is 5.13. The molecular weight excluding hydrogens is 1660 g/mol. The normalized spacial score (nSPS) is 39.8. The third kappa shape index (κ3) is 17.4. The van der Waals surface area contributed by atoms with Crippen LogP contribution in [0.3, 0.4) is 0 Å². The molecule has 4 heterocycles. The molecule has 0 saturated heterocycles. The van der Waals surface area contributed by atoms with Crippen molar-refractivity contribution in [2.45, 2.75) is 403 Å². The number of aromatic nitrogens is 4. The predicted molar refractivity (Wildman–Crippen MR) is 565 cm³/mol. The van der Waals surface area contributed by atoms with Crippen molar-refractivity contribution in [3.63, 3.8) is 0 Å². The van der Waals surface area contributed by atoms with Crippen LogP contribution in [0.15, 0.2) is 182 Å². The summed E-state index contributed by atoms with van der Waals surface area (Å²) in [7, 11) is 0. The van der Waals surface area contributed by atoms with Gasteiger partial charge in [-0.3, -0.25) is 19.9 Å². The molecule has 0 spiro atoms. The van der Waals surface area contributed by atoms with E-state index in [-0.39, 0.29) is 22.4 Å². The van der Waals surface area contributed by atoms with Crippen LogP contribution in [0.4, 0.5) is 0 Å². The van der Waals surface area contributed by atoms with Gasteiger partial charge in [-0.25, -0.2) is 0 Å². The monoisotopic (exact) mass is 1830 g/mol. The maximum Gasteiger partial charge on any atom is 0.0702 e. The van der Waals surface area contributed by atoms with Crippen LogP contribution in [0.1, 0.15) is 378 Å². The average Bonchev–Trinajstić information content (AvgIpc) is 1.43. The fraction of sp³-hybridized carbons (Fsp3) is 0.656. The maximum absolute atomic E-state index is 6.48. The summed E-state index contributed by atoms with van der Waals surface area (Å²) in [4.78, 5) is 18.2. The number of hydrogen-bond donors (Lipinski definition) is 0. The Kier molecular flexibility index (Phi) is 25.1. The van der Waals surface area contributed by atoms with E-state index in [0.717, 1.165) is 118 Å². The Morgan fingerprint density at radius 3 is 1.01 bits per heavy atom. The van der Waals surface area contributed by atoms with Gasteiger partial charge in [0.2, 0.25) is 0 Å². The van der Waals surface area contributed by atoms with Gasteiger partial charge in [0.1, 0.15) is 0 Å². The van der Waals surface area contributed by atoms with Gasteiger partial charge in [0.15, 0.2) is 0 Å². The van der Waals surface area contributed by atoms with Crippen LogP contribution in [-0.2, 0) is 18.9 Å². The van der Waals surface area contributed by atoms with E-state index in [4.69, 9.17) is 18.9 Å². The molecule has 0 unspecified atom stereocenters. The molecule has 0 amide bonds. The SMILES string of the molecule is CC(C)(C)O[C@H]1CC[C@@]2(C)C(=CC[C@@H]3[C@@H]2CC[C@]2(C)C(c4ccc5ncccc5c4)=CC[C@@H]32)C1.CC(C)(C)O[C@H]1CC[C@@]2(C)C(=CC[C@H]3[C@@H]4CC[C@H](c5ccc6ncccc6c5)[C@@]4(C)CC[C@@H]32)C1.CC(C)(C)O[C@H]1CC[C@@]2(C)[C@@H](CC[C@@H]3[C@@H]2CC[C@]2(C)C(c4ccc5ncccc5c4)=CC[C@@H]32)C1.CC(C)(C)O[C@H]1CC[C@@]2(C)[C@@H](CC[C@@H]3[C@@H]2CC[C@]2(C)[C@@H](c4ccc5ncccc5c4)CC[C@@H]32)C1. The van der Waals surface area contributed by atoms with Gasteiger partial charge in [0, 0.05) is 46.3 Å². The Hall–Kier alpha value is -6.68. The second kappa shape index (κ2) is 35.7. The van der Waals surface area contributed by atoms with Gasteiger partial charge in [-0.1, -0.05) is 139 Å². The number of pyridine rings is 4. The quantitative estimate of drug-likeness (QED) is 0.139. The number of rotatable bonds is 8. The molecular formula is C128H172N4O4. The molecule has 8 aromatic rings. The summed E-state index contributed by atoms with van der Waals surface area (Å²) in [6.45, 7) is 47.6. The molecule has 12 saturated carbocycles. The third-order valence-electron chi connectivity index (χ3n) is 42.5. The Bertz CT molecular complexity index is 5740. The van der Waals surface area contributed by atoms with Gasteiger partial charge in [0.05, 0.1) is 68.9 Å². The van der Waals surface area contributed by atoms with E-state index in [2.05, 4.69) is 304 Å². The fourth-order valence-corrected chi connectivity index (χ4v) is 36.3. The van der Waals surface area contributed by atoms with Crippen molar-refractivity contribution in [3.8, 4) is 0 Å². The van der Waals surface area contributed by atoms with Gasteiger partial charge in [0.25, 0.3) is 0 Å². The lowest BCUT2D eigenvalue weighted by Gasteiger charge is -2.61. The lowest BCUT2D eigenvalue weighted by molar-refractivity contribution is -0.152. The smallest absolute Gasteiger partial charge is 0.0702 e. The van der Waals surface area contributed by atoms with Gasteiger partial charge >= 0.3 is 0 Å². The van der Waals surface area contributed by atoms with Crippen LogP contribution in [0, 0.1) is 126 Å². The summed E-state index contributed by atoms with van der Waals surface area (Å²) in [5.41, 5.74) is 20.3. The van der Waals surface area contributed by atoms with Crippen molar-refractivity contribution < 1.29 is 18.9 Å². The Morgan fingerprint density at radius 2 is 0.596 bits per heavy atom. The van der Waals surface area contributed by atoms with Crippen molar-refractivity contribution in [3.05, 3.63) is 204 Å². The van der Waals surface area contributed by atoms with Crippen molar-refractivity contribution in [1.29, 1.82) is 0 Å². The highest BCUT2D eigenvalue weighted by molar-refractivity contribution is 5.87. The van der Waals surface area contributed by atoms with E-state index in [1.165, 1.54) is 225 Å². The lowest BCUT2D eigenvalue weighted by Crippen LogP contribution is -2.54. The van der Waals surface area contributed by atoms with Gasteiger partial charge < -0.3 is 18.9 Å². The molecule has 0 N–H and O–H groups in total. The van der Waals surface area contributed by atoms with E-state index < -0.39 is 0 Å². The van der Waals surface area contributed by atoms with Crippen LogP contribution >= 0.6 is 0 Å². The summed E-state index contributed by atoms with van der Waals surface area (Å²) in [5.74, 6) is 13.5. The topological polar surface area (TPSA) is 88.5 Å². The Morgan fingerprint density at radius 1 is 0.272 bits per heavy atom. The minimum absolute atomic E-state index is 0.0139. The first kappa shape index (κ1) is 95.5. The molecule has 24 rings (SSSR count). The highest BCUT2D eigenvalue weighted by Gasteiger charge is 2.65. The van der Waals surface area contributed by atoms with E-state index >= 15 is 0 Å². The fourth-order valence-electron chi connectivity index (χ4n) is 36.3. The number of hydrogen-bond acceptors (Lipinski definition) is 8. The minimum atomic E-state index is -0.0480. The van der Waals surface area contributed by atoms with Gasteiger partial charge in [-0.2, -0.15) is 0 Å². The molecule has 0 aliphatic heterocycles. The summed E-state index contributed by atoms with van der Waals surface area (Å²) in [6, 6.07) is 45.2. The molecule has 28 atom stereocenters. The Balaban J connectivity index is 0.000000108. The van der Waals surface area contributed by atoms with Crippen molar-refractivity contribution >= 4 is 54.8 Å². The van der Waals surface area contributed by atoms with E-state index in [0.29, 0.717) is 79.6 Å². The van der Waals surface area contributed by atoms with Gasteiger partial charge in [-0.15, -0.1) is 0 Å². The third-order valence-corrected chi connectivity index (χ3v) is 42.5. The first-order chi connectivity index (χ1) is 64.7. The minimum Gasteiger partial charge on any atom is -0.373 e. The number of benzene rings is 4. The summed E-state index contributed by atoms with van der Waals surface area (Å²) < 4.78 is 25.8. The molecule has 0 bridgehead atoms. The maximum atomic E-state index is 6.48. The Labute approximate surface area is 820 Å². The zero-order chi connectivity index (χ0) is 94.9. The second-order valence-corrected chi connectivity index (χ2v) is 54.0. The number of allylic oxidation sites excluding steroid dienone is 6. The summed E-state index contributed by atoms with van der Waals surface area (Å²) in [6.07, 6.45) is 62.6. The first-order valence-electron chi connectivity index (χ1n) is 55.6. The zero-order valence-corrected chi connectivity index (χ0v) is 87.8. The largest absolute Gasteiger partial charge is 0.373 e. The van der Waals surface area contributed by atoms with Gasteiger partial charge in [-0.05, 0) is 533 Å². The molecule has 8 nitrogen and oxygen atoms in total. The van der Waals surface area contributed by atoms with Crippen molar-refractivity contribution in [1.82, 2.24) is 19.9 Å². The van der Waals surface area contributed by atoms with E-state index in [1.54, 1.807) is 33.4 Å². The van der Waals surface area contributed by atoms with Crippen molar-refractivity contribution in [2.75, 3.05) is 0 Å². The van der Waals surface area contributed by atoms with E-state index in [9.17, 15) is 0 Å². The molecule has 728 valence electrons. The number of ether oxygens (including phenoxy) is 4. The predicted octanol–water partition coefficient (Wildman–Crippen LogP) is 33.8. The van der Waals surface area contributed by atoms with Crippen LogP contribution in [-0.4, -0.2) is 66.8 Å². The second-order valence-electron chi connectivity index (χ2n) is 54.0. The molecule has 136 heavy (non-hydrogen) atoms. The van der Waals surface area contributed by atoms with E-state index in [1.807, 2.05) is 24.8 Å². The summed E-state index contributed by atoms with van der Waals surface area (Å²) >= 11 is 0. The highest BCUT2D eigenvalue weighted by Crippen LogP contribution is 2.74. The van der Waals surface area contributed by atoms with Crippen molar-refractivity contribution in [2.24, 2.45) is 126 Å². The molecule has 8 heteroatoms. The average molecular weight is 1830 g/mol. The van der Waals surface area contributed by atoms with Crippen LogP contribution in [0.25, 0.3) is 54.8 Å². The van der Waals surface area contributed by atoms with Crippen LogP contribution in [0.2, 0.25) is 0 Å². The molecule has 4 aromatic carbocycles. The van der Waals surface area contributed by atoms with Crippen LogP contribution in [0.5, 0.6) is 0 Å². The molecule has 16 aliphatic rings. The zero-order valence-electron chi connectivity index (χ0n) is 87.8. The standard InChI is InChI=1S/C32H45NO.2C32H43NO.C32H41NO/c4*1-30(2,3)34-24-14-16-31(4)23(20-24)9-10-25-27-12-11-26(32(27,5)17-15-28(25)31)21-8-13-29-22(19-21)7-6-18-33-29/h6-8,13,18-19,23-28H,9-12,14-17,20H2,1-5H3;6-8,11,13,18-19,23-25,27-28H,9-10,12,14-17,20H2,1-5H3;6-9,13,18-19,24-28H,10-12,14-17,20H2,1-5H3;6-9,11,13,18-19,24-25,27-28H,10,12,14-17,20H2,1-5H3/t23-,24-,25-,26+,27-,28-,31-,32+;23-,24-,25-,27-,28-,31-,32+;24-,25-,26+,27-,28-,31-,32+;24-,25-,27-,28-,31-,32+/m0000/s1. The van der Waals surface area contributed by atoms with Crippen LogP contribution < -0.4 is 0 Å². The highest BCUT2D eigenvalue weighted by atomic mass is 16.5. The number of fused-ring (bicyclic) bond motifs is 24. The number of nitrogens with zero attached hydrogens (tertiary/aromatic N) is 4. The first-order valence-corrected chi connectivity index (χ1v) is 55.6. The molecule has 12 fully saturated rings. The molecule has 0 radical (unpaired) electrons.